The summed E-state index contributed by atoms with van der Waals surface area (Å²) in [5.41, 5.74) is 0.700. The molecule has 1 aliphatic carbocycles. The van der Waals surface area contributed by atoms with Crippen LogP contribution in [0.5, 0.6) is 11.8 Å². The molecule has 8 nitrogen and oxygen atoms in total. The smallest absolute Gasteiger partial charge is 0.253 e. The first kappa shape index (κ1) is 18.6. The number of ether oxygens (including phenoxy) is 2. The highest BCUT2D eigenvalue weighted by atomic mass is 16.5. The second kappa shape index (κ2) is 8.94. The van der Waals surface area contributed by atoms with Crippen molar-refractivity contribution in [1.82, 2.24) is 20.3 Å². The summed E-state index contributed by atoms with van der Waals surface area (Å²) < 4.78 is 11.1. The quantitative estimate of drug-likeness (QED) is 0.834. The molecule has 8 heteroatoms. The maximum atomic E-state index is 12.4. The van der Waals surface area contributed by atoms with Crippen LogP contribution in [0.25, 0.3) is 0 Å². The number of nitrogens with zero attached hydrogens (tertiary/aromatic N) is 4. The van der Waals surface area contributed by atoms with E-state index in [1.54, 1.807) is 12.1 Å². The van der Waals surface area contributed by atoms with Gasteiger partial charge >= 0.3 is 0 Å². The summed E-state index contributed by atoms with van der Waals surface area (Å²) in [6, 6.07) is 5.46. The molecule has 0 saturated heterocycles. The molecule has 0 bridgehead atoms. The van der Waals surface area contributed by atoms with Crippen LogP contribution in [0, 0.1) is 11.3 Å². The molecular formula is C19H21N5O3. The van der Waals surface area contributed by atoms with Crippen LogP contribution in [0.2, 0.25) is 0 Å². The minimum atomic E-state index is -0.143. The zero-order valence-electron chi connectivity index (χ0n) is 15.1. The Kier molecular flexibility index (Phi) is 6.15. The van der Waals surface area contributed by atoms with Crippen molar-refractivity contribution < 1.29 is 14.3 Å². The summed E-state index contributed by atoms with van der Waals surface area (Å²) in [5, 5.41) is 12.1. The molecule has 1 N–H and O–H groups in total. The molecular weight excluding hydrogens is 346 g/mol. The maximum Gasteiger partial charge on any atom is 0.253 e. The normalized spacial score (nSPS) is 19.0. The minimum Gasteiger partial charge on any atom is -0.478 e. The van der Waals surface area contributed by atoms with Gasteiger partial charge in [-0.3, -0.25) is 4.79 Å². The second-order valence-electron chi connectivity index (χ2n) is 6.20. The number of nitriles is 1. The molecule has 0 spiro atoms. The lowest BCUT2D eigenvalue weighted by Crippen LogP contribution is -2.39. The van der Waals surface area contributed by atoms with Crippen LogP contribution in [0.4, 0.5) is 0 Å². The minimum absolute atomic E-state index is 0.0332. The Labute approximate surface area is 157 Å². The van der Waals surface area contributed by atoms with Crippen molar-refractivity contribution in [2.45, 2.75) is 44.8 Å². The van der Waals surface area contributed by atoms with E-state index in [2.05, 4.69) is 20.3 Å². The van der Waals surface area contributed by atoms with E-state index in [0.717, 1.165) is 25.7 Å². The van der Waals surface area contributed by atoms with Gasteiger partial charge in [0.25, 0.3) is 11.8 Å². The van der Waals surface area contributed by atoms with Crippen LogP contribution in [-0.4, -0.2) is 39.6 Å². The standard InChI is InChI=1S/C19H21N5O3/c1-2-26-17-8-3-13(12-23-17)18(25)24-14-4-6-15(7-5-14)27-19-16(11-20)21-9-10-22-19/h3,8-10,12,14-15H,2,4-7H2,1H3,(H,24,25). The highest BCUT2D eigenvalue weighted by molar-refractivity contribution is 5.94. The van der Waals surface area contributed by atoms with Crippen molar-refractivity contribution in [2.24, 2.45) is 0 Å². The summed E-state index contributed by atoms with van der Waals surface area (Å²) in [5.74, 6) is 0.635. The van der Waals surface area contributed by atoms with E-state index in [1.807, 2.05) is 13.0 Å². The van der Waals surface area contributed by atoms with Crippen LogP contribution in [0.1, 0.15) is 48.7 Å². The monoisotopic (exact) mass is 367 g/mol. The predicted molar refractivity (Wildman–Crippen MR) is 96.3 cm³/mol. The fraction of sp³-hybridized carbons (Fsp3) is 0.421. The van der Waals surface area contributed by atoms with Crippen LogP contribution >= 0.6 is 0 Å². The molecule has 27 heavy (non-hydrogen) atoms. The van der Waals surface area contributed by atoms with Gasteiger partial charge in [0.1, 0.15) is 12.2 Å². The van der Waals surface area contributed by atoms with Crippen molar-refractivity contribution in [2.75, 3.05) is 6.61 Å². The molecule has 3 rings (SSSR count). The lowest BCUT2D eigenvalue weighted by molar-refractivity contribution is 0.0889. The third kappa shape index (κ3) is 4.91. The van der Waals surface area contributed by atoms with E-state index < -0.39 is 0 Å². The Hall–Kier alpha value is -3.21. The first-order chi connectivity index (χ1) is 13.2. The first-order valence-electron chi connectivity index (χ1n) is 8.97. The van der Waals surface area contributed by atoms with E-state index in [1.165, 1.54) is 18.6 Å². The van der Waals surface area contributed by atoms with Crippen LogP contribution in [-0.2, 0) is 0 Å². The molecule has 0 aromatic carbocycles. The molecule has 2 aromatic heterocycles. The van der Waals surface area contributed by atoms with E-state index in [4.69, 9.17) is 14.7 Å². The second-order valence-corrected chi connectivity index (χ2v) is 6.20. The zero-order valence-corrected chi connectivity index (χ0v) is 15.1. The summed E-state index contributed by atoms with van der Waals surface area (Å²) in [4.78, 5) is 24.5. The molecule has 2 heterocycles. The van der Waals surface area contributed by atoms with Crippen LogP contribution in [0.3, 0.4) is 0 Å². The van der Waals surface area contributed by atoms with Gasteiger partial charge in [-0.1, -0.05) is 0 Å². The average molecular weight is 367 g/mol. The van der Waals surface area contributed by atoms with Gasteiger partial charge in [-0.2, -0.15) is 5.26 Å². The zero-order chi connectivity index (χ0) is 19.1. The Morgan fingerprint density at radius 2 is 2.00 bits per heavy atom. The summed E-state index contributed by atoms with van der Waals surface area (Å²) in [7, 11) is 0. The Morgan fingerprint density at radius 3 is 2.67 bits per heavy atom. The van der Waals surface area contributed by atoms with Crippen molar-refractivity contribution >= 4 is 5.91 Å². The Morgan fingerprint density at radius 1 is 1.22 bits per heavy atom. The molecule has 2 aromatic rings. The Balaban J connectivity index is 1.49. The molecule has 0 aliphatic heterocycles. The molecule has 1 aliphatic rings. The molecule has 0 radical (unpaired) electrons. The summed E-state index contributed by atoms with van der Waals surface area (Å²) >= 11 is 0. The van der Waals surface area contributed by atoms with Crippen molar-refractivity contribution in [3.05, 3.63) is 42.0 Å². The SMILES string of the molecule is CCOc1ccc(C(=O)NC2CCC(Oc3nccnc3C#N)CC2)cn1. The number of nitrogens with one attached hydrogen (secondary N) is 1. The van der Waals surface area contributed by atoms with Gasteiger partial charge in [0, 0.05) is 30.7 Å². The number of carbonyl (C=O) groups excluding carboxylic acids is 1. The first-order valence-corrected chi connectivity index (χ1v) is 8.97. The van der Waals surface area contributed by atoms with Gasteiger partial charge in [-0.15, -0.1) is 0 Å². The van der Waals surface area contributed by atoms with Crippen molar-refractivity contribution in [1.29, 1.82) is 5.26 Å². The fourth-order valence-corrected chi connectivity index (χ4v) is 2.99. The number of hydrogen-bond donors (Lipinski definition) is 1. The fourth-order valence-electron chi connectivity index (χ4n) is 2.99. The topological polar surface area (TPSA) is 110 Å². The van der Waals surface area contributed by atoms with Gasteiger partial charge in [-0.25, -0.2) is 15.0 Å². The van der Waals surface area contributed by atoms with E-state index in [9.17, 15) is 4.79 Å². The average Bonchev–Trinajstić information content (AvgIpc) is 2.70. The number of aromatic nitrogens is 3. The largest absolute Gasteiger partial charge is 0.478 e. The highest BCUT2D eigenvalue weighted by Crippen LogP contribution is 2.24. The van der Waals surface area contributed by atoms with E-state index in [0.29, 0.717) is 18.1 Å². The van der Waals surface area contributed by atoms with Gasteiger partial charge in [0.2, 0.25) is 11.6 Å². The van der Waals surface area contributed by atoms with Crippen LogP contribution < -0.4 is 14.8 Å². The van der Waals surface area contributed by atoms with Gasteiger partial charge in [-0.05, 0) is 38.7 Å². The van der Waals surface area contributed by atoms with E-state index in [-0.39, 0.29) is 29.6 Å². The number of carbonyl (C=O) groups is 1. The Bertz CT molecular complexity index is 811. The molecule has 1 saturated carbocycles. The molecule has 140 valence electrons. The molecule has 1 fully saturated rings. The summed E-state index contributed by atoms with van der Waals surface area (Å²) in [6.07, 6.45) is 7.59. The third-order valence-electron chi connectivity index (χ3n) is 4.35. The number of pyridine rings is 1. The lowest BCUT2D eigenvalue weighted by Gasteiger charge is -2.29. The number of hydrogen-bond acceptors (Lipinski definition) is 7. The molecule has 1 amide bonds. The molecule has 0 unspecified atom stereocenters. The summed E-state index contributed by atoms with van der Waals surface area (Å²) in [6.45, 7) is 2.42. The number of rotatable bonds is 6. The molecule has 0 atom stereocenters. The predicted octanol–water partition coefficient (Wildman–Crippen LogP) is 2.26. The van der Waals surface area contributed by atoms with Crippen molar-refractivity contribution in [3.63, 3.8) is 0 Å². The third-order valence-corrected chi connectivity index (χ3v) is 4.35. The van der Waals surface area contributed by atoms with Crippen LogP contribution in [0.15, 0.2) is 30.7 Å². The van der Waals surface area contributed by atoms with Gasteiger partial charge < -0.3 is 14.8 Å². The van der Waals surface area contributed by atoms with Gasteiger partial charge in [0.05, 0.1) is 12.2 Å². The van der Waals surface area contributed by atoms with Gasteiger partial charge in [0.15, 0.2) is 0 Å². The van der Waals surface area contributed by atoms with Crippen molar-refractivity contribution in [3.8, 4) is 17.8 Å². The number of amides is 1. The van der Waals surface area contributed by atoms with E-state index >= 15 is 0 Å². The highest BCUT2D eigenvalue weighted by Gasteiger charge is 2.25. The lowest BCUT2D eigenvalue weighted by atomic mass is 9.92. The maximum absolute atomic E-state index is 12.4.